The maximum Gasteiger partial charge on any atom is 0.255 e. The highest BCUT2D eigenvalue weighted by Crippen LogP contribution is 2.18. The third-order valence-corrected chi connectivity index (χ3v) is 3.23. The third kappa shape index (κ3) is 4.24. The first kappa shape index (κ1) is 13.1. The summed E-state index contributed by atoms with van der Waals surface area (Å²) in [5, 5.41) is 0.672. The smallest absolute Gasteiger partial charge is 0.255 e. The minimum atomic E-state index is -0.895. The molecule has 0 aromatic carbocycles. The van der Waals surface area contributed by atoms with Crippen molar-refractivity contribution in [3.05, 3.63) is 12.5 Å². The van der Waals surface area contributed by atoms with Crippen LogP contribution in [0.1, 0.15) is 26.2 Å². The summed E-state index contributed by atoms with van der Waals surface area (Å²) in [7, 11) is 0. The van der Waals surface area contributed by atoms with Gasteiger partial charge in [-0.25, -0.2) is 4.98 Å². The number of oxazole rings is 1. The molecule has 1 amide bonds. The molecule has 1 rings (SSSR count). The number of carbonyl (C=O) groups is 1. The van der Waals surface area contributed by atoms with Gasteiger partial charge in [0.25, 0.3) is 5.22 Å². The molecule has 1 atom stereocenters. The lowest BCUT2D eigenvalue weighted by molar-refractivity contribution is -0.122. The number of thioether (sulfide) groups is 1. The molecule has 0 radical (unpaired) electrons. The molecule has 0 spiro atoms. The number of hydrogen-bond acceptors (Lipinski definition) is 5. The number of hydrogen-bond donors (Lipinski definition) is 2. The van der Waals surface area contributed by atoms with E-state index >= 15 is 0 Å². The van der Waals surface area contributed by atoms with Gasteiger partial charge in [0.1, 0.15) is 6.26 Å². The molecule has 0 saturated carbocycles. The fourth-order valence-corrected chi connectivity index (χ4v) is 1.94. The van der Waals surface area contributed by atoms with Gasteiger partial charge in [-0.15, -0.1) is 0 Å². The number of nitrogens with zero attached hydrogens (tertiary/aromatic N) is 1. The zero-order valence-electron chi connectivity index (χ0n) is 9.31. The van der Waals surface area contributed by atoms with Crippen LogP contribution in [0, 0.1) is 0 Å². The molecule has 0 fully saturated rings. The van der Waals surface area contributed by atoms with Crippen molar-refractivity contribution in [1.82, 2.24) is 4.98 Å². The highest BCUT2D eigenvalue weighted by Gasteiger charge is 2.24. The molecule has 0 saturated heterocycles. The zero-order chi connectivity index (χ0) is 12.0. The molecular weight excluding hydrogens is 226 g/mol. The molecule has 90 valence electrons. The molecule has 16 heavy (non-hydrogen) atoms. The third-order valence-electron chi connectivity index (χ3n) is 2.29. The quantitative estimate of drug-likeness (QED) is 0.553. The lowest BCUT2D eigenvalue weighted by Crippen LogP contribution is -2.49. The molecule has 1 aromatic rings. The van der Waals surface area contributed by atoms with E-state index < -0.39 is 11.4 Å². The zero-order valence-corrected chi connectivity index (χ0v) is 10.1. The summed E-state index contributed by atoms with van der Waals surface area (Å²) in [6.45, 7) is 1.66. The van der Waals surface area contributed by atoms with Gasteiger partial charge in [-0.2, -0.15) is 0 Å². The Balaban J connectivity index is 2.10. The van der Waals surface area contributed by atoms with E-state index in [-0.39, 0.29) is 0 Å². The Hall–Kier alpha value is -1.01. The van der Waals surface area contributed by atoms with Gasteiger partial charge < -0.3 is 15.9 Å². The summed E-state index contributed by atoms with van der Waals surface area (Å²) >= 11 is 1.55. The van der Waals surface area contributed by atoms with Gasteiger partial charge in [-0.3, -0.25) is 4.79 Å². The van der Waals surface area contributed by atoms with Crippen LogP contribution >= 0.6 is 11.8 Å². The Morgan fingerprint density at radius 2 is 2.38 bits per heavy atom. The number of rotatable bonds is 7. The fraction of sp³-hybridized carbons (Fsp3) is 0.600. The van der Waals surface area contributed by atoms with Crippen molar-refractivity contribution in [1.29, 1.82) is 0 Å². The lowest BCUT2D eigenvalue weighted by atomic mass is 9.96. The molecule has 6 heteroatoms. The second-order valence-corrected chi connectivity index (χ2v) is 4.93. The fourth-order valence-electron chi connectivity index (χ4n) is 1.16. The summed E-state index contributed by atoms with van der Waals surface area (Å²) < 4.78 is 5.07. The Kier molecular flexibility index (Phi) is 4.82. The van der Waals surface area contributed by atoms with Crippen LogP contribution in [0.4, 0.5) is 0 Å². The summed E-state index contributed by atoms with van der Waals surface area (Å²) in [6, 6.07) is 0. The summed E-state index contributed by atoms with van der Waals surface area (Å²) in [5.74, 6) is 0.447. The van der Waals surface area contributed by atoms with Gasteiger partial charge in [0.2, 0.25) is 5.91 Å². The SMILES string of the molecule is CC(N)(CCCCSc1ncco1)C(N)=O. The first-order chi connectivity index (χ1) is 7.52. The first-order valence-electron chi connectivity index (χ1n) is 5.13. The van der Waals surface area contributed by atoms with Crippen molar-refractivity contribution in [2.24, 2.45) is 11.5 Å². The number of unbranched alkanes of at least 4 members (excludes halogenated alkanes) is 1. The first-order valence-corrected chi connectivity index (χ1v) is 6.12. The van der Waals surface area contributed by atoms with E-state index in [1.165, 1.54) is 0 Å². The molecule has 0 aliphatic rings. The van der Waals surface area contributed by atoms with Crippen LogP contribution in [0.15, 0.2) is 22.1 Å². The van der Waals surface area contributed by atoms with Crippen molar-refractivity contribution in [2.45, 2.75) is 36.9 Å². The van der Waals surface area contributed by atoms with Crippen molar-refractivity contribution in [2.75, 3.05) is 5.75 Å². The predicted molar refractivity (Wildman–Crippen MR) is 62.9 cm³/mol. The van der Waals surface area contributed by atoms with Crippen LogP contribution in [0.3, 0.4) is 0 Å². The topological polar surface area (TPSA) is 95.1 Å². The van der Waals surface area contributed by atoms with Gasteiger partial charge in [-0.05, 0) is 19.8 Å². The standard InChI is InChI=1S/C10H17N3O2S/c1-10(12,8(11)14)4-2-3-7-16-9-13-5-6-15-9/h5-6H,2-4,7,12H2,1H3,(H2,11,14). The Morgan fingerprint density at radius 3 is 2.94 bits per heavy atom. The molecule has 1 heterocycles. The van der Waals surface area contributed by atoms with Gasteiger partial charge in [0, 0.05) is 5.75 Å². The number of carbonyl (C=O) groups excluding carboxylic acids is 1. The van der Waals surface area contributed by atoms with E-state index in [2.05, 4.69) is 4.98 Å². The average Bonchev–Trinajstić information content (AvgIpc) is 2.69. The van der Waals surface area contributed by atoms with E-state index in [4.69, 9.17) is 15.9 Å². The number of aromatic nitrogens is 1. The monoisotopic (exact) mass is 243 g/mol. The van der Waals surface area contributed by atoms with Crippen LogP contribution in [-0.2, 0) is 4.79 Å². The van der Waals surface area contributed by atoms with E-state index in [1.807, 2.05) is 0 Å². The molecular formula is C10H17N3O2S. The average molecular weight is 243 g/mol. The number of nitrogens with two attached hydrogens (primary N) is 2. The predicted octanol–water partition coefficient (Wildman–Crippen LogP) is 1.14. The summed E-state index contributed by atoms with van der Waals surface area (Å²) in [6.07, 6.45) is 5.59. The molecule has 5 nitrogen and oxygen atoms in total. The molecule has 0 bridgehead atoms. The van der Waals surface area contributed by atoms with Crippen LogP contribution in [-0.4, -0.2) is 22.2 Å². The van der Waals surface area contributed by atoms with Crippen LogP contribution in [0.25, 0.3) is 0 Å². The largest absolute Gasteiger partial charge is 0.440 e. The van der Waals surface area contributed by atoms with E-state index in [0.717, 1.165) is 18.6 Å². The Morgan fingerprint density at radius 1 is 1.62 bits per heavy atom. The molecule has 0 aliphatic heterocycles. The second-order valence-electron chi connectivity index (χ2n) is 3.89. The van der Waals surface area contributed by atoms with E-state index in [9.17, 15) is 4.79 Å². The molecule has 1 aromatic heterocycles. The summed E-state index contributed by atoms with van der Waals surface area (Å²) in [5.41, 5.74) is 10.00. The maximum atomic E-state index is 10.9. The maximum absolute atomic E-state index is 10.9. The number of primary amides is 1. The summed E-state index contributed by atoms with van der Waals surface area (Å²) in [4.78, 5) is 14.9. The molecule has 4 N–H and O–H groups in total. The molecule has 1 unspecified atom stereocenters. The van der Waals surface area contributed by atoms with Crippen molar-refractivity contribution in [3.8, 4) is 0 Å². The Bertz CT molecular complexity index is 325. The van der Waals surface area contributed by atoms with Crippen molar-refractivity contribution < 1.29 is 9.21 Å². The number of amides is 1. The van der Waals surface area contributed by atoms with Gasteiger partial charge in [0.15, 0.2) is 0 Å². The minimum absolute atomic E-state index is 0.451. The van der Waals surface area contributed by atoms with E-state index in [1.54, 1.807) is 31.1 Å². The van der Waals surface area contributed by atoms with Crippen molar-refractivity contribution in [3.63, 3.8) is 0 Å². The Labute approximate surface area is 99.0 Å². The van der Waals surface area contributed by atoms with Crippen LogP contribution in [0.2, 0.25) is 0 Å². The normalized spacial score (nSPS) is 14.6. The van der Waals surface area contributed by atoms with Gasteiger partial charge in [0.05, 0.1) is 11.7 Å². The lowest BCUT2D eigenvalue weighted by Gasteiger charge is -2.19. The van der Waals surface area contributed by atoms with Gasteiger partial charge in [-0.1, -0.05) is 18.2 Å². The van der Waals surface area contributed by atoms with Crippen LogP contribution in [0.5, 0.6) is 0 Å². The van der Waals surface area contributed by atoms with Gasteiger partial charge >= 0.3 is 0 Å². The highest BCUT2D eigenvalue weighted by molar-refractivity contribution is 7.99. The van der Waals surface area contributed by atoms with E-state index in [0.29, 0.717) is 11.6 Å². The second kappa shape index (κ2) is 5.91. The minimum Gasteiger partial charge on any atom is -0.440 e. The van der Waals surface area contributed by atoms with Crippen molar-refractivity contribution >= 4 is 17.7 Å². The molecule has 0 aliphatic carbocycles. The van der Waals surface area contributed by atoms with Crippen LogP contribution < -0.4 is 11.5 Å². The highest BCUT2D eigenvalue weighted by atomic mass is 32.2.